The maximum absolute atomic E-state index is 14.2. The van der Waals surface area contributed by atoms with Gasteiger partial charge in [0.1, 0.15) is 12.2 Å². The second kappa shape index (κ2) is 13.6. The smallest absolute Gasteiger partial charge is 0.315 e. The number of carbonyl (C=O) groups is 2. The molecule has 2 N–H and O–H groups in total. The number of urea groups is 1. The van der Waals surface area contributed by atoms with Gasteiger partial charge in [-0.3, -0.25) is 25.0 Å². The van der Waals surface area contributed by atoms with Crippen LogP contribution in [0.5, 0.6) is 0 Å². The fourth-order valence-electron chi connectivity index (χ4n) is 5.84. The quantitative estimate of drug-likeness (QED) is 0.244. The van der Waals surface area contributed by atoms with E-state index in [1.807, 2.05) is 0 Å². The first kappa shape index (κ1) is 34.4. The Morgan fingerprint density at radius 3 is 1.90 bits per heavy atom. The van der Waals surface area contributed by atoms with Gasteiger partial charge in [0, 0.05) is 38.3 Å². The summed E-state index contributed by atoms with van der Waals surface area (Å²) >= 11 is 0. The van der Waals surface area contributed by atoms with Crippen LogP contribution < -0.4 is 10.6 Å². The molecule has 0 aromatic heterocycles. The molecule has 48 heavy (non-hydrogen) atoms. The van der Waals surface area contributed by atoms with E-state index in [1.165, 1.54) is 31.2 Å². The van der Waals surface area contributed by atoms with Crippen molar-refractivity contribution < 1.29 is 36.3 Å². The lowest BCUT2D eigenvalue weighted by Gasteiger charge is -2.45. The number of benzene rings is 3. The van der Waals surface area contributed by atoms with Crippen LogP contribution in [0.25, 0.3) is 0 Å². The van der Waals surface area contributed by atoms with Crippen LogP contribution >= 0.6 is 0 Å². The molecule has 2 aliphatic rings. The molecule has 0 bridgehead atoms. The molecular weight excluding hydrogens is 670 g/mol. The molecule has 254 valence electrons. The minimum atomic E-state index is -4.74. The molecule has 3 amide bonds. The van der Waals surface area contributed by atoms with E-state index in [0.29, 0.717) is 0 Å². The molecule has 0 aliphatic carbocycles. The van der Waals surface area contributed by atoms with Crippen molar-refractivity contribution in [1.29, 1.82) is 0 Å². The van der Waals surface area contributed by atoms with Crippen LogP contribution in [0, 0.1) is 20.2 Å². The number of sulfonamides is 2. The van der Waals surface area contributed by atoms with Crippen molar-refractivity contribution in [3.63, 3.8) is 0 Å². The first-order chi connectivity index (χ1) is 22.7. The summed E-state index contributed by atoms with van der Waals surface area (Å²) in [4.78, 5) is 48.6. The van der Waals surface area contributed by atoms with Gasteiger partial charge in [0.05, 0.1) is 15.9 Å². The Bertz CT molecular complexity index is 1960. The Kier molecular flexibility index (Phi) is 9.76. The van der Waals surface area contributed by atoms with Gasteiger partial charge in [0.2, 0.25) is 5.91 Å². The summed E-state index contributed by atoms with van der Waals surface area (Å²) in [7, 11) is -9.41. The predicted molar refractivity (Wildman–Crippen MR) is 169 cm³/mol. The molecule has 19 heteroatoms. The van der Waals surface area contributed by atoms with Crippen LogP contribution in [-0.2, 0) is 31.4 Å². The van der Waals surface area contributed by atoms with E-state index >= 15 is 0 Å². The number of fused-ring (bicyclic) bond motifs is 1. The molecule has 3 unspecified atom stereocenters. The van der Waals surface area contributed by atoms with Crippen molar-refractivity contribution in [3.8, 4) is 0 Å². The lowest BCUT2D eigenvalue weighted by molar-refractivity contribution is -0.388. The van der Waals surface area contributed by atoms with Crippen LogP contribution in [0.15, 0.2) is 88.7 Å². The molecule has 2 heterocycles. The molecule has 3 atom stereocenters. The van der Waals surface area contributed by atoms with Gasteiger partial charge in [0.15, 0.2) is 9.79 Å². The lowest BCUT2D eigenvalue weighted by atomic mass is 10.1. The van der Waals surface area contributed by atoms with Crippen molar-refractivity contribution in [1.82, 2.24) is 24.1 Å². The molecule has 0 spiro atoms. The fourth-order valence-corrected chi connectivity index (χ4v) is 9.43. The number of hydrogen-bond acceptors (Lipinski definition) is 10. The van der Waals surface area contributed by atoms with Crippen molar-refractivity contribution in [2.75, 3.05) is 19.6 Å². The Balaban J connectivity index is 1.51. The van der Waals surface area contributed by atoms with Gasteiger partial charge in [-0.05, 0) is 31.0 Å². The number of nitrogens with zero attached hydrogens (tertiary/aromatic N) is 5. The molecule has 0 radical (unpaired) electrons. The Hall–Kier alpha value is -4.98. The zero-order valence-electron chi connectivity index (χ0n) is 25.4. The summed E-state index contributed by atoms with van der Waals surface area (Å²) in [5.41, 5.74) is -0.632. The van der Waals surface area contributed by atoms with E-state index < -0.39 is 94.3 Å². The second-order valence-electron chi connectivity index (χ2n) is 11.1. The molecule has 2 aliphatic heterocycles. The van der Waals surface area contributed by atoms with Gasteiger partial charge in [-0.1, -0.05) is 54.6 Å². The highest BCUT2D eigenvalue weighted by Crippen LogP contribution is 2.35. The van der Waals surface area contributed by atoms with Crippen molar-refractivity contribution >= 4 is 43.4 Å². The van der Waals surface area contributed by atoms with Crippen LogP contribution in [0.3, 0.4) is 0 Å². The summed E-state index contributed by atoms with van der Waals surface area (Å²) < 4.78 is 57.6. The van der Waals surface area contributed by atoms with E-state index in [-0.39, 0.29) is 19.5 Å². The molecule has 2 fully saturated rings. The van der Waals surface area contributed by atoms with Gasteiger partial charge < -0.3 is 15.5 Å². The molecular formula is C29H31N7O10S2. The first-order valence-electron chi connectivity index (χ1n) is 14.6. The molecule has 5 rings (SSSR count). The number of amides is 3. The first-order valence-corrected chi connectivity index (χ1v) is 17.5. The highest BCUT2D eigenvalue weighted by Gasteiger charge is 2.50. The van der Waals surface area contributed by atoms with E-state index in [1.54, 1.807) is 30.3 Å². The summed E-state index contributed by atoms with van der Waals surface area (Å²) in [5.74, 6) is -0.835. The summed E-state index contributed by atoms with van der Waals surface area (Å²) in [6.45, 7) is 0.350. The van der Waals surface area contributed by atoms with Crippen LogP contribution in [0.2, 0.25) is 0 Å². The van der Waals surface area contributed by atoms with E-state index in [9.17, 15) is 46.7 Å². The fraction of sp³-hybridized carbons (Fsp3) is 0.310. The van der Waals surface area contributed by atoms with Crippen LogP contribution in [0.4, 0.5) is 16.2 Å². The normalized spacial score (nSPS) is 20.7. The summed E-state index contributed by atoms with van der Waals surface area (Å²) in [5, 5.41) is 28.8. The molecule has 0 saturated carbocycles. The Morgan fingerprint density at radius 1 is 0.812 bits per heavy atom. The largest absolute Gasteiger partial charge is 0.334 e. The average Bonchev–Trinajstić information content (AvgIpc) is 3.19. The van der Waals surface area contributed by atoms with Crippen LogP contribution in [-0.4, -0.2) is 90.0 Å². The number of nitro groups is 2. The average molecular weight is 702 g/mol. The third-order valence-electron chi connectivity index (χ3n) is 8.12. The lowest BCUT2D eigenvalue weighted by Crippen LogP contribution is -2.66. The maximum atomic E-state index is 14.2. The van der Waals surface area contributed by atoms with Gasteiger partial charge in [0.25, 0.3) is 31.4 Å². The molecule has 3 aromatic carbocycles. The highest BCUT2D eigenvalue weighted by molar-refractivity contribution is 7.89. The number of hydrogen-bond donors (Lipinski definition) is 2. The monoisotopic (exact) mass is 701 g/mol. The number of para-hydroxylation sites is 2. The number of nitrogens with one attached hydrogen (secondary N) is 2. The summed E-state index contributed by atoms with van der Waals surface area (Å²) in [6, 6.07) is 15.1. The number of nitro benzene ring substituents is 2. The van der Waals surface area contributed by atoms with Crippen molar-refractivity contribution in [2.45, 2.75) is 47.9 Å². The zero-order valence-corrected chi connectivity index (χ0v) is 27.0. The van der Waals surface area contributed by atoms with Gasteiger partial charge in [-0.15, -0.1) is 0 Å². The predicted octanol–water partition coefficient (Wildman–Crippen LogP) is 2.01. The standard InChI is InChI=1S/C29H31N7O10S2/c1-20-28(37)32-18-22(31-29(38)30-17-21-9-3-2-4-10-21)19-34(48(45,46)26-14-8-6-12-24(26)36(41)42)27(32)15-16-33(20)47(43,44)25-13-7-5-11-23(25)35(39)40/h2-14,20,22,27H,15-19H2,1H3,(H2,30,31,38). The van der Waals surface area contributed by atoms with E-state index in [4.69, 9.17) is 0 Å². The Labute approximate surface area is 275 Å². The second-order valence-corrected chi connectivity index (χ2v) is 14.8. The number of carbonyl (C=O) groups excluding carboxylic acids is 2. The highest BCUT2D eigenvalue weighted by atomic mass is 32.2. The topological polar surface area (TPSA) is 222 Å². The number of rotatable bonds is 9. The molecule has 17 nitrogen and oxygen atoms in total. The third kappa shape index (κ3) is 6.70. The van der Waals surface area contributed by atoms with Crippen molar-refractivity contribution in [3.05, 3.63) is 105 Å². The third-order valence-corrected chi connectivity index (χ3v) is 12.0. The SMILES string of the molecule is CC1C(=O)N2CC(NC(=O)NCc3ccccc3)CN(S(=O)(=O)c3ccccc3[N+](=O)[O-])C2CCN1S(=O)(=O)c1ccccc1[N+](=O)[O-]. The zero-order chi connectivity index (χ0) is 34.8. The van der Waals surface area contributed by atoms with Gasteiger partial charge >= 0.3 is 6.03 Å². The van der Waals surface area contributed by atoms with E-state index in [0.717, 1.165) is 43.3 Å². The van der Waals surface area contributed by atoms with E-state index in [2.05, 4.69) is 10.6 Å². The molecule has 3 aromatic rings. The van der Waals surface area contributed by atoms with Gasteiger partial charge in [-0.25, -0.2) is 21.6 Å². The minimum Gasteiger partial charge on any atom is -0.334 e. The van der Waals surface area contributed by atoms with Crippen LogP contribution in [0.1, 0.15) is 18.9 Å². The Morgan fingerprint density at radius 2 is 1.33 bits per heavy atom. The van der Waals surface area contributed by atoms with Gasteiger partial charge in [-0.2, -0.15) is 8.61 Å². The maximum Gasteiger partial charge on any atom is 0.315 e. The molecule has 2 saturated heterocycles. The minimum absolute atomic E-state index is 0.137. The summed E-state index contributed by atoms with van der Waals surface area (Å²) in [6.07, 6.45) is -1.61. The van der Waals surface area contributed by atoms with Crippen molar-refractivity contribution in [2.24, 2.45) is 0 Å².